The second-order valence-electron chi connectivity index (χ2n) is 9.18. The number of aromatic nitrogens is 3. The Morgan fingerprint density at radius 2 is 1.81 bits per heavy atom. The summed E-state index contributed by atoms with van der Waals surface area (Å²) < 4.78 is 0. The number of hydrogen-bond donors (Lipinski definition) is 2. The number of nitrogens with one attached hydrogen (secondary N) is 2. The second kappa shape index (κ2) is 10.8. The Labute approximate surface area is 221 Å². The van der Waals surface area contributed by atoms with Crippen molar-refractivity contribution in [3.05, 3.63) is 113 Å². The molecule has 37 heavy (non-hydrogen) atoms. The number of anilines is 1. The van der Waals surface area contributed by atoms with Crippen molar-refractivity contribution in [2.75, 3.05) is 5.32 Å². The van der Waals surface area contributed by atoms with Gasteiger partial charge < -0.3 is 5.32 Å². The lowest BCUT2D eigenvalue weighted by atomic mass is 9.97. The van der Waals surface area contributed by atoms with Crippen LogP contribution in [0, 0.1) is 6.92 Å². The van der Waals surface area contributed by atoms with E-state index in [9.17, 15) is 4.79 Å². The van der Waals surface area contributed by atoms with Crippen LogP contribution in [0.25, 0.3) is 23.1 Å². The SMILES string of the molecule is Cc1cc(NC(=O)c2ccccc2Sc2ccc3c(/C=C/c4ccccn4)n[nH]c3c2)ccc1C(C)C. The lowest BCUT2D eigenvalue weighted by molar-refractivity contribution is 0.102. The predicted molar refractivity (Wildman–Crippen MR) is 153 cm³/mol. The molecule has 0 unspecified atom stereocenters. The summed E-state index contributed by atoms with van der Waals surface area (Å²) in [6.07, 6.45) is 5.68. The Morgan fingerprint density at radius 1 is 0.973 bits per heavy atom. The molecule has 1 amide bonds. The van der Waals surface area contributed by atoms with Gasteiger partial charge in [0.2, 0.25) is 0 Å². The molecule has 0 aliphatic carbocycles. The summed E-state index contributed by atoms with van der Waals surface area (Å²) in [4.78, 5) is 19.4. The van der Waals surface area contributed by atoms with Crippen LogP contribution in [0.15, 0.2) is 94.9 Å². The molecule has 6 heteroatoms. The minimum absolute atomic E-state index is 0.121. The molecule has 2 heterocycles. The first kappa shape index (κ1) is 24.5. The summed E-state index contributed by atoms with van der Waals surface area (Å²) in [5.41, 5.74) is 6.59. The van der Waals surface area contributed by atoms with Gasteiger partial charge >= 0.3 is 0 Å². The molecule has 0 aliphatic heterocycles. The molecule has 0 bridgehead atoms. The third kappa shape index (κ3) is 5.65. The molecule has 0 spiro atoms. The number of aromatic amines is 1. The lowest BCUT2D eigenvalue weighted by Gasteiger charge is -2.13. The van der Waals surface area contributed by atoms with Crippen LogP contribution in [0.3, 0.4) is 0 Å². The van der Waals surface area contributed by atoms with Crippen molar-refractivity contribution in [3.8, 4) is 0 Å². The smallest absolute Gasteiger partial charge is 0.256 e. The predicted octanol–water partition coefficient (Wildman–Crippen LogP) is 7.96. The van der Waals surface area contributed by atoms with E-state index in [1.165, 1.54) is 11.1 Å². The molecule has 0 saturated carbocycles. The number of carbonyl (C=O) groups is 1. The summed E-state index contributed by atoms with van der Waals surface area (Å²) in [7, 11) is 0. The fourth-order valence-corrected chi connectivity index (χ4v) is 5.30. The van der Waals surface area contributed by atoms with Crippen molar-refractivity contribution in [2.24, 2.45) is 0 Å². The summed E-state index contributed by atoms with van der Waals surface area (Å²) in [5, 5.41) is 11.7. The maximum absolute atomic E-state index is 13.2. The van der Waals surface area contributed by atoms with Crippen molar-refractivity contribution in [1.82, 2.24) is 15.2 Å². The van der Waals surface area contributed by atoms with Crippen LogP contribution in [0.2, 0.25) is 0 Å². The first-order valence-corrected chi connectivity index (χ1v) is 13.1. The van der Waals surface area contributed by atoms with Crippen LogP contribution in [0.5, 0.6) is 0 Å². The molecule has 3 aromatic carbocycles. The summed E-state index contributed by atoms with van der Waals surface area (Å²) in [6, 6.07) is 25.8. The first-order chi connectivity index (χ1) is 18.0. The number of nitrogens with zero attached hydrogens (tertiary/aromatic N) is 2. The van der Waals surface area contributed by atoms with Crippen LogP contribution in [-0.2, 0) is 0 Å². The number of pyridine rings is 1. The molecule has 0 atom stereocenters. The minimum atomic E-state index is -0.121. The van der Waals surface area contributed by atoms with Gasteiger partial charge in [-0.2, -0.15) is 5.10 Å². The van der Waals surface area contributed by atoms with Gasteiger partial charge in [0, 0.05) is 27.1 Å². The molecule has 184 valence electrons. The molecule has 0 aliphatic rings. The van der Waals surface area contributed by atoms with E-state index >= 15 is 0 Å². The molecule has 5 rings (SSSR count). The average Bonchev–Trinajstić information content (AvgIpc) is 3.30. The highest BCUT2D eigenvalue weighted by Crippen LogP contribution is 2.33. The van der Waals surface area contributed by atoms with E-state index < -0.39 is 0 Å². The van der Waals surface area contributed by atoms with E-state index in [1.54, 1.807) is 18.0 Å². The van der Waals surface area contributed by atoms with Crippen molar-refractivity contribution < 1.29 is 4.79 Å². The van der Waals surface area contributed by atoms with E-state index in [2.05, 4.69) is 65.5 Å². The van der Waals surface area contributed by atoms with Crippen LogP contribution in [0.4, 0.5) is 5.69 Å². The molecule has 0 fully saturated rings. The van der Waals surface area contributed by atoms with Crippen LogP contribution in [0.1, 0.15) is 52.6 Å². The van der Waals surface area contributed by atoms with Gasteiger partial charge in [0.05, 0.1) is 22.5 Å². The Hall–Kier alpha value is -4.16. The first-order valence-electron chi connectivity index (χ1n) is 12.2. The van der Waals surface area contributed by atoms with E-state index in [-0.39, 0.29) is 5.91 Å². The summed E-state index contributed by atoms with van der Waals surface area (Å²) in [6.45, 7) is 6.43. The molecule has 0 saturated heterocycles. The topological polar surface area (TPSA) is 70.7 Å². The van der Waals surface area contributed by atoms with Gasteiger partial charge in [0.1, 0.15) is 0 Å². The van der Waals surface area contributed by atoms with E-state index in [0.717, 1.165) is 37.8 Å². The van der Waals surface area contributed by atoms with E-state index in [4.69, 9.17) is 0 Å². The normalized spacial score (nSPS) is 11.5. The van der Waals surface area contributed by atoms with Crippen LogP contribution < -0.4 is 5.32 Å². The molecular formula is C31H28N4OS. The Bertz CT molecular complexity index is 1590. The van der Waals surface area contributed by atoms with Crippen molar-refractivity contribution in [1.29, 1.82) is 0 Å². The highest BCUT2D eigenvalue weighted by molar-refractivity contribution is 7.99. The zero-order chi connectivity index (χ0) is 25.8. The lowest BCUT2D eigenvalue weighted by Crippen LogP contribution is -2.13. The number of amides is 1. The Kier molecular flexibility index (Phi) is 7.19. The Morgan fingerprint density at radius 3 is 2.59 bits per heavy atom. The quantitative estimate of drug-likeness (QED) is 0.236. The van der Waals surface area contributed by atoms with Gasteiger partial charge in [-0.3, -0.25) is 14.9 Å². The monoisotopic (exact) mass is 504 g/mol. The molecule has 5 aromatic rings. The number of fused-ring (bicyclic) bond motifs is 1. The van der Waals surface area contributed by atoms with Crippen LogP contribution in [-0.4, -0.2) is 21.1 Å². The molecule has 2 aromatic heterocycles. The van der Waals surface area contributed by atoms with E-state index in [0.29, 0.717) is 11.5 Å². The minimum Gasteiger partial charge on any atom is -0.322 e. The number of carbonyl (C=O) groups excluding carboxylic acids is 1. The zero-order valence-corrected chi connectivity index (χ0v) is 21.8. The maximum atomic E-state index is 13.2. The highest BCUT2D eigenvalue weighted by atomic mass is 32.2. The van der Waals surface area contributed by atoms with Gasteiger partial charge in [-0.25, -0.2) is 0 Å². The van der Waals surface area contributed by atoms with Gasteiger partial charge in [-0.15, -0.1) is 0 Å². The third-order valence-electron chi connectivity index (χ3n) is 6.17. The average molecular weight is 505 g/mol. The van der Waals surface area contributed by atoms with Gasteiger partial charge in [0.25, 0.3) is 5.91 Å². The number of hydrogen-bond acceptors (Lipinski definition) is 4. The van der Waals surface area contributed by atoms with Crippen LogP contribution >= 0.6 is 11.8 Å². The van der Waals surface area contributed by atoms with Crippen molar-refractivity contribution in [2.45, 2.75) is 36.5 Å². The van der Waals surface area contributed by atoms with Crippen molar-refractivity contribution in [3.63, 3.8) is 0 Å². The number of rotatable bonds is 7. The highest BCUT2D eigenvalue weighted by Gasteiger charge is 2.14. The zero-order valence-electron chi connectivity index (χ0n) is 21.0. The summed E-state index contributed by atoms with van der Waals surface area (Å²) in [5.74, 6) is 0.325. The molecule has 2 N–H and O–H groups in total. The standard InChI is InChI=1S/C31H28N4OS/c1-20(2)25-14-11-23(18-21(25)3)33-31(36)27-9-4-5-10-30(27)37-24-13-15-26-28(34-35-29(26)19-24)16-12-22-8-6-7-17-32-22/h4-20H,1-3H3,(H,33,36)(H,34,35)/b16-12+. The fourth-order valence-electron chi connectivity index (χ4n) is 4.32. The van der Waals surface area contributed by atoms with E-state index in [1.807, 2.05) is 66.7 Å². The van der Waals surface area contributed by atoms with Gasteiger partial charge in [-0.05, 0) is 90.7 Å². The largest absolute Gasteiger partial charge is 0.322 e. The van der Waals surface area contributed by atoms with Gasteiger partial charge in [-0.1, -0.05) is 49.9 Å². The maximum Gasteiger partial charge on any atom is 0.256 e. The molecule has 5 nitrogen and oxygen atoms in total. The molecule has 0 radical (unpaired) electrons. The Balaban J connectivity index is 1.34. The fraction of sp³-hybridized carbons (Fsp3) is 0.129. The van der Waals surface area contributed by atoms with Gasteiger partial charge in [0.15, 0.2) is 0 Å². The van der Waals surface area contributed by atoms with Crippen molar-refractivity contribution >= 4 is 46.4 Å². The number of H-pyrrole nitrogens is 1. The second-order valence-corrected chi connectivity index (χ2v) is 10.3. The number of aryl methyl sites for hydroxylation is 1. The third-order valence-corrected chi connectivity index (χ3v) is 7.24. The molecular weight excluding hydrogens is 476 g/mol. The number of benzene rings is 3. The summed E-state index contributed by atoms with van der Waals surface area (Å²) >= 11 is 1.56.